The zero-order chi connectivity index (χ0) is 22.0. The molecule has 1 aromatic heterocycles. The van der Waals surface area contributed by atoms with E-state index in [1.807, 2.05) is 26.0 Å². The van der Waals surface area contributed by atoms with Crippen molar-refractivity contribution < 1.29 is 4.79 Å². The summed E-state index contributed by atoms with van der Waals surface area (Å²) < 4.78 is 2.24. The summed E-state index contributed by atoms with van der Waals surface area (Å²) in [7, 11) is 0. The number of rotatable bonds is 5. The predicted octanol–water partition coefficient (Wildman–Crippen LogP) is 6.07. The van der Waals surface area contributed by atoms with Gasteiger partial charge in [-0.1, -0.05) is 42.5 Å². The molecule has 2 aromatic carbocycles. The molecule has 1 saturated heterocycles. The highest BCUT2D eigenvalue weighted by Crippen LogP contribution is 2.34. The Morgan fingerprint density at radius 2 is 1.65 bits per heavy atom. The highest BCUT2D eigenvalue weighted by atomic mass is 32.2. The minimum absolute atomic E-state index is 0.0386. The van der Waals surface area contributed by atoms with Crippen LogP contribution in [0.5, 0.6) is 0 Å². The second kappa shape index (κ2) is 8.98. The van der Waals surface area contributed by atoms with Crippen molar-refractivity contribution in [3.8, 4) is 16.8 Å². The summed E-state index contributed by atoms with van der Waals surface area (Å²) in [6.07, 6.45) is 2.00. The van der Waals surface area contributed by atoms with Gasteiger partial charge in [-0.25, -0.2) is 0 Å². The fourth-order valence-corrected chi connectivity index (χ4v) is 5.04. The third-order valence-electron chi connectivity index (χ3n) is 5.49. The highest BCUT2D eigenvalue weighted by molar-refractivity contribution is 8.18. The van der Waals surface area contributed by atoms with Gasteiger partial charge in [0.1, 0.15) is 0 Å². The smallest absolute Gasteiger partial charge is 0.266 e. The minimum atomic E-state index is 0.0386. The Balaban J connectivity index is 1.66. The molecule has 0 atom stereocenters. The van der Waals surface area contributed by atoms with Crippen LogP contribution >= 0.6 is 11.8 Å². The van der Waals surface area contributed by atoms with Crippen molar-refractivity contribution in [2.45, 2.75) is 27.7 Å². The molecule has 0 radical (unpaired) electrons. The molecule has 0 N–H and O–H groups in total. The quantitative estimate of drug-likeness (QED) is 0.461. The topological polar surface area (TPSA) is 37.6 Å². The van der Waals surface area contributed by atoms with E-state index in [0.717, 1.165) is 32.7 Å². The van der Waals surface area contributed by atoms with Crippen LogP contribution in [0.1, 0.15) is 30.8 Å². The first-order valence-corrected chi connectivity index (χ1v) is 11.5. The first kappa shape index (κ1) is 21.2. The molecule has 4 nitrogen and oxygen atoms in total. The van der Waals surface area contributed by atoms with Crippen LogP contribution < -0.4 is 0 Å². The average molecular weight is 430 g/mol. The lowest BCUT2D eigenvalue weighted by atomic mass is 10.1. The number of aromatic nitrogens is 1. The Labute approximate surface area is 188 Å². The van der Waals surface area contributed by atoms with E-state index in [2.05, 4.69) is 78.0 Å². The van der Waals surface area contributed by atoms with E-state index in [1.54, 1.807) is 4.90 Å². The second-order valence-electron chi connectivity index (χ2n) is 7.49. The van der Waals surface area contributed by atoms with E-state index in [4.69, 9.17) is 0 Å². The van der Waals surface area contributed by atoms with Gasteiger partial charge in [0.05, 0.1) is 4.91 Å². The zero-order valence-corrected chi connectivity index (χ0v) is 19.2. The van der Waals surface area contributed by atoms with Crippen molar-refractivity contribution in [1.82, 2.24) is 9.47 Å². The summed E-state index contributed by atoms with van der Waals surface area (Å²) in [5.41, 5.74) is 6.85. The van der Waals surface area contributed by atoms with Crippen molar-refractivity contribution in [3.05, 3.63) is 82.5 Å². The highest BCUT2D eigenvalue weighted by Gasteiger charge is 2.32. The Hall–Kier alpha value is -3.05. The molecule has 5 heteroatoms. The fourth-order valence-electron chi connectivity index (χ4n) is 3.95. The van der Waals surface area contributed by atoms with Gasteiger partial charge in [-0.2, -0.15) is 0 Å². The van der Waals surface area contributed by atoms with Crippen LogP contribution in [0.15, 0.2) is 70.6 Å². The van der Waals surface area contributed by atoms with Crippen molar-refractivity contribution in [1.29, 1.82) is 0 Å². The predicted molar refractivity (Wildman–Crippen MR) is 132 cm³/mol. The van der Waals surface area contributed by atoms with Crippen LogP contribution in [0.3, 0.4) is 0 Å². The maximum Gasteiger partial charge on any atom is 0.266 e. The fraction of sp³-hybridized carbons (Fsp3) is 0.231. The van der Waals surface area contributed by atoms with E-state index in [9.17, 15) is 4.79 Å². The lowest BCUT2D eigenvalue weighted by molar-refractivity contribution is -0.122. The monoisotopic (exact) mass is 429 g/mol. The second-order valence-corrected chi connectivity index (χ2v) is 8.50. The lowest BCUT2D eigenvalue weighted by Crippen LogP contribution is -2.28. The Morgan fingerprint density at radius 3 is 2.29 bits per heavy atom. The van der Waals surface area contributed by atoms with Crippen LogP contribution in [0, 0.1) is 13.8 Å². The SMILES string of the molecule is CCN=C1S/C(=C/c2cc(C)n(-c3ccc(-c4ccccc4)cc3)c2C)C(=O)N1CC. The van der Waals surface area contributed by atoms with Gasteiger partial charge in [0, 0.05) is 30.2 Å². The van der Waals surface area contributed by atoms with Crippen LogP contribution in [-0.4, -0.2) is 33.6 Å². The molecule has 0 unspecified atom stereocenters. The van der Waals surface area contributed by atoms with Crippen molar-refractivity contribution in [3.63, 3.8) is 0 Å². The lowest BCUT2D eigenvalue weighted by Gasteiger charge is -2.11. The number of aliphatic imine (C=N–C) groups is 1. The number of aryl methyl sites for hydroxylation is 1. The van der Waals surface area contributed by atoms with E-state index < -0.39 is 0 Å². The summed E-state index contributed by atoms with van der Waals surface area (Å²) in [6.45, 7) is 9.49. The molecular weight excluding hydrogens is 402 g/mol. The molecule has 1 aliphatic heterocycles. The van der Waals surface area contributed by atoms with Crippen molar-refractivity contribution in [2.24, 2.45) is 4.99 Å². The van der Waals surface area contributed by atoms with Gasteiger partial charge in [-0.3, -0.25) is 14.7 Å². The van der Waals surface area contributed by atoms with Crippen molar-refractivity contribution >= 4 is 28.9 Å². The molecule has 0 aliphatic carbocycles. The molecular formula is C26H27N3OS. The molecule has 3 aromatic rings. The van der Waals surface area contributed by atoms with E-state index in [-0.39, 0.29) is 5.91 Å². The number of amidine groups is 1. The number of hydrogen-bond donors (Lipinski definition) is 0. The van der Waals surface area contributed by atoms with Gasteiger partial charge in [-0.05, 0) is 80.4 Å². The normalized spacial score (nSPS) is 16.6. The number of likely N-dealkylation sites (N-methyl/N-ethyl adjacent to an activating group) is 1. The summed E-state index contributed by atoms with van der Waals surface area (Å²) >= 11 is 1.47. The molecule has 4 rings (SSSR count). The molecule has 1 amide bonds. The summed E-state index contributed by atoms with van der Waals surface area (Å²) in [6, 6.07) is 21.2. The minimum Gasteiger partial charge on any atom is -0.318 e. The van der Waals surface area contributed by atoms with Crippen LogP contribution in [0.25, 0.3) is 22.9 Å². The molecule has 0 saturated carbocycles. The average Bonchev–Trinajstić information content (AvgIpc) is 3.24. The summed E-state index contributed by atoms with van der Waals surface area (Å²) in [4.78, 5) is 19.8. The molecule has 158 valence electrons. The van der Waals surface area contributed by atoms with Crippen LogP contribution in [0.4, 0.5) is 0 Å². The number of benzene rings is 2. The number of thioether (sulfide) groups is 1. The Bertz CT molecular complexity index is 1160. The summed E-state index contributed by atoms with van der Waals surface area (Å²) in [5.74, 6) is 0.0386. The molecule has 1 fully saturated rings. The standard InChI is InChI=1S/C26H27N3OS/c1-5-27-26-28(6-2)25(30)24(31-26)17-22-16-18(3)29(19(22)4)23-14-12-21(13-15-23)20-10-8-7-9-11-20/h7-17H,5-6H2,1-4H3/b24-17+,27-26?. The molecule has 2 heterocycles. The first-order chi connectivity index (χ1) is 15.0. The van der Waals surface area contributed by atoms with Crippen molar-refractivity contribution in [2.75, 3.05) is 13.1 Å². The largest absolute Gasteiger partial charge is 0.318 e. The number of hydrogen-bond acceptors (Lipinski definition) is 3. The van der Waals surface area contributed by atoms with Crippen LogP contribution in [0.2, 0.25) is 0 Å². The molecule has 0 spiro atoms. The maximum atomic E-state index is 12.8. The molecule has 31 heavy (non-hydrogen) atoms. The Morgan fingerprint density at radius 1 is 0.968 bits per heavy atom. The van der Waals surface area contributed by atoms with E-state index >= 15 is 0 Å². The Kier molecular flexibility index (Phi) is 6.14. The number of carbonyl (C=O) groups excluding carboxylic acids is 1. The number of nitrogens with zero attached hydrogens (tertiary/aromatic N) is 3. The zero-order valence-electron chi connectivity index (χ0n) is 18.4. The van der Waals surface area contributed by atoms with Gasteiger partial charge in [-0.15, -0.1) is 0 Å². The first-order valence-electron chi connectivity index (χ1n) is 10.6. The number of carbonyl (C=O) groups is 1. The van der Waals surface area contributed by atoms with Crippen LogP contribution in [-0.2, 0) is 4.79 Å². The molecule has 1 aliphatic rings. The number of amides is 1. The van der Waals surface area contributed by atoms with Gasteiger partial charge in [0.15, 0.2) is 5.17 Å². The third kappa shape index (κ3) is 4.10. The third-order valence-corrected chi connectivity index (χ3v) is 6.53. The van der Waals surface area contributed by atoms with Gasteiger partial charge in [0.2, 0.25) is 0 Å². The van der Waals surface area contributed by atoms with Gasteiger partial charge < -0.3 is 4.57 Å². The van der Waals surface area contributed by atoms with Gasteiger partial charge >= 0.3 is 0 Å². The van der Waals surface area contributed by atoms with E-state index in [0.29, 0.717) is 13.1 Å². The van der Waals surface area contributed by atoms with E-state index in [1.165, 1.54) is 22.9 Å². The maximum absolute atomic E-state index is 12.8. The molecule has 0 bridgehead atoms. The van der Waals surface area contributed by atoms with Gasteiger partial charge in [0.25, 0.3) is 5.91 Å². The summed E-state index contributed by atoms with van der Waals surface area (Å²) in [5, 5.41) is 0.798.